The number of amides is 1. The summed E-state index contributed by atoms with van der Waals surface area (Å²) in [7, 11) is 1.65. The lowest BCUT2D eigenvalue weighted by Crippen LogP contribution is -2.25. The van der Waals surface area contributed by atoms with Gasteiger partial charge >= 0.3 is 0 Å². The molecule has 1 saturated carbocycles. The third kappa shape index (κ3) is 5.75. The molecule has 2 rings (SSSR count). The molecule has 5 nitrogen and oxygen atoms in total. The fourth-order valence-corrected chi connectivity index (χ4v) is 2.76. The summed E-state index contributed by atoms with van der Waals surface area (Å²) in [6.45, 7) is 2.40. The van der Waals surface area contributed by atoms with Gasteiger partial charge < -0.3 is 20.5 Å². The van der Waals surface area contributed by atoms with Crippen molar-refractivity contribution in [2.24, 2.45) is 5.73 Å². The van der Waals surface area contributed by atoms with E-state index >= 15 is 0 Å². The molecular formula is C18H28N2O3. The zero-order valence-corrected chi connectivity index (χ0v) is 14.1. The van der Waals surface area contributed by atoms with Gasteiger partial charge in [-0.1, -0.05) is 6.07 Å². The third-order valence-electron chi connectivity index (χ3n) is 4.14. The Morgan fingerprint density at radius 1 is 1.35 bits per heavy atom. The Labute approximate surface area is 138 Å². The Morgan fingerprint density at radius 2 is 2.09 bits per heavy atom. The molecule has 3 N–H and O–H groups in total. The largest absolute Gasteiger partial charge is 0.493 e. The third-order valence-corrected chi connectivity index (χ3v) is 4.14. The zero-order valence-electron chi connectivity index (χ0n) is 14.1. The average Bonchev–Trinajstić information content (AvgIpc) is 3.04. The van der Waals surface area contributed by atoms with Crippen LogP contribution in [0.1, 0.15) is 51.0 Å². The number of nitrogens with one attached hydrogen (secondary N) is 1. The Hall–Kier alpha value is -1.75. The molecule has 1 aromatic rings. The van der Waals surface area contributed by atoms with Crippen molar-refractivity contribution < 1.29 is 14.3 Å². The topological polar surface area (TPSA) is 73.6 Å². The fraction of sp³-hybridized carbons (Fsp3) is 0.611. The van der Waals surface area contributed by atoms with E-state index in [1.807, 2.05) is 25.1 Å². The second-order valence-corrected chi connectivity index (χ2v) is 6.30. The van der Waals surface area contributed by atoms with E-state index in [1.165, 1.54) is 12.8 Å². The molecule has 128 valence electrons. The number of hydrogen-bond acceptors (Lipinski definition) is 4. The Kier molecular flexibility index (Phi) is 6.71. The number of benzene rings is 1. The van der Waals surface area contributed by atoms with Gasteiger partial charge in [0.05, 0.1) is 13.2 Å². The van der Waals surface area contributed by atoms with Crippen molar-refractivity contribution >= 4 is 5.91 Å². The normalized spacial score (nSPS) is 16.1. The summed E-state index contributed by atoms with van der Waals surface area (Å²) in [6, 6.07) is 5.86. The molecule has 0 radical (unpaired) electrons. The second-order valence-electron chi connectivity index (χ2n) is 6.30. The molecule has 0 aromatic heterocycles. The lowest BCUT2D eigenvalue weighted by atomic mass is 10.1. The summed E-state index contributed by atoms with van der Waals surface area (Å²) >= 11 is 0. The predicted molar refractivity (Wildman–Crippen MR) is 90.6 cm³/mol. The number of nitrogens with two attached hydrogens (primary N) is 1. The lowest BCUT2D eigenvalue weighted by Gasteiger charge is -2.17. The van der Waals surface area contributed by atoms with E-state index in [0.717, 1.165) is 29.9 Å². The molecule has 0 spiro atoms. The van der Waals surface area contributed by atoms with Crippen LogP contribution < -0.4 is 20.5 Å². The van der Waals surface area contributed by atoms with Gasteiger partial charge in [0.1, 0.15) is 0 Å². The molecule has 0 bridgehead atoms. The van der Waals surface area contributed by atoms with E-state index in [9.17, 15) is 4.79 Å². The van der Waals surface area contributed by atoms with E-state index in [0.29, 0.717) is 19.4 Å². The van der Waals surface area contributed by atoms with Crippen molar-refractivity contribution in [3.8, 4) is 11.5 Å². The van der Waals surface area contributed by atoms with Crippen LogP contribution in [0.15, 0.2) is 18.2 Å². The van der Waals surface area contributed by atoms with Crippen molar-refractivity contribution in [2.45, 2.75) is 64.1 Å². The molecule has 0 heterocycles. The number of rotatable bonds is 8. The summed E-state index contributed by atoms with van der Waals surface area (Å²) in [6.07, 6.45) is 6.08. The Balaban J connectivity index is 1.92. The molecule has 1 unspecified atom stereocenters. The molecule has 5 heteroatoms. The summed E-state index contributed by atoms with van der Waals surface area (Å²) in [5, 5.41) is 2.92. The maximum atomic E-state index is 11.8. The maximum Gasteiger partial charge on any atom is 0.220 e. The van der Waals surface area contributed by atoms with Crippen molar-refractivity contribution in [1.82, 2.24) is 5.32 Å². The molecule has 1 aliphatic rings. The predicted octanol–water partition coefficient (Wildman–Crippen LogP) is 2.76. The SMILES string of the molecule is COc1ccc(CNC(=O)CCC(C)N)cc1OC1CCCC1. The van der Waals surface area contributed by atoms with Crippen LogP contribution in [0.2, 0.25) is 0 Å². The van der Waals surface area contributed by atoms with Gasteiger partial charge in [0.2, 0.25) is 5.91 Å². The first-order valence-electron chi connectivity index (χ1n) is 8.44. The zero-order chi connectivity index (χ0) is 16.7. The van der Waals surface area contributed by atoms with E-state index in [1.54, 1.807) is 7.11 Å². The minimum absolute atomic E-state index is 0.0244. The molecular weight excluding hydrogens is 292 g/mol. The van der Waals surface area contributed by atoms with Crippen LogP contribution in [0.25, 0.3) is 0 Å². The van der Waals surface area contributed by atoms with E-state index < -0.39 is 0 Å². The van der Waals surface area contributed by atoms with Gasteiger partial charge in [-0.05, 0) is 56.7 Å². The van der Waals surface area contributed by atoms with Gasteiger partial charge in [-0.15, -0.1) is 0 Å². The van der Waals surface area contributed by atoms with Gasteiger partial charge in [0.15, 0.2) is 11.5 Å². The summed E-state index contributed by atoms with van der Waals surface area (Å²) in [5.74, 6) is 1.53. The molecule has 1 aliphatic carbocycles. The first-order valence-corrected chi connectivity index (χ1v) is 8.44. The van der Waals surface area contributed by atoms with E-state index in [-0.39, 0.29) is 18.1 Å². The van der Waals surface area contributed by atoms with Crippen LogP contribution in [-0.2, 0) is 11.3 Å². The summed E-state index contributed by atoms with van der Waals surface area (Å²) in [5.41, 5.74) is 6.67. The van der Waals surface area contributed by atoms with Gasteiger partial charge in [-0.3, -0.25) is 4.79 Å². The molecule has 1 amide bonds. The summed E-state index contributed by atoms with van der Waals surface area (Å²) < 4.78 is 11.4. The lowest BCUT2D eigenvalue weighted by molar-refractivity contribution is -0.121. The number of methoxy groups -OCH3 is 1. The molecule has 1 atom stereocenters. The van der Waals surface area contributed by atoms with Crippen molar-refractivity contribution in [3.63, 3.8) is 0 Å². The number of carbonyl (C=O) groups is 1. The van der Waals surface area contributed by atoms with Crippen LogP contribution in [-0.4, -0.2) is 25.2 Å². The number of hydrogen-bond donors (Lipinski definition) is 2. The minimum Gasteiger partial charge on any atom is -0.493 e. The smallest absolute Gasteiger partial charge is 0.220 e. The van der Waals surface area contributed by atoms with Crippen LogP contribution in [0.3, 0.4) is 0 Å². The van der Waals surface area contributed by atoms with E-state index in [2.05, 4.69) is 5.32 Å². The van der Waals surface area contributed by atoms with Gasteiger partial charge in [0, 0.05) is 19.0 Å². The standard InChI is InChI=1S/C18H28N2O3/c1-13(19)7-10-18(21)20-12-14-8-9-16(22-2)17(11-14)23-15-5-3-4-6-15/h8-9,11,13,15H,3-7,10,12,19H2,1-2H3,(H,20,21). The first kappa shape index (κ1) is 17.6. The van der Waals surface area contributed by atoms with Gasteiger partial charge in [0.25, 0.3) is 0 Å². The Morgan fingerprint density at radius 3 is 2.74 bits per heavy atom. The van der Waals surface area contributed by atoms with Gasteiger partial charge in [-0.2, -0.15) is 0 Å². The van der Waals surface area contributed by atoms with Crippen molar-refractivity contribution in [1.29, 1.82) is 0 Å². The highest BCUT2D eigenvalue weighted by Crippen LogP contribution is 2.32. The molecule has 1 fully saturated rings. The van der Waals surface area contributed by atoms with Crippen LogP contribution >= 0.6 is 0 Å². The van der Waals surface area contributed by atoms with Crippen molar-refractivity contribution in [3.05, 3.63) is 23.8 Å². The molecule has 23 heavy (non-hydrogen) atoms. The average molecular weight is 320 g/mol. The number of carbonyl (C=O) groups excluding carboxylic acids is 1. The van der Waals surface area contributed by atoms with Gasteiger partial charge in [-0.25, -0.2) is 0 Å². The summed E-state index contributed by atoms with van der Waals surface area (Å²) in [4.78, 5) is 11.8. The molecule has 0 aliphatic heterocycles. The minimum atomic E-state index is 0.0244. The Bertz CT molecular complexity index is 511. The highest BCUT2D eigenvalue weighted by atomic mass is 16.5. The second kappa shape index (κ2) is 8.77. The molecule has 0 saturated heterocycles. The van der Waals surface area contributed by atoms with Crippen LogP contribution in [0.5, 0.6) is 11.5 Å². The first-order chi connectivity index (χ1) is 11.1. The van der Waals surface area contributed by atoms with Crippen molar-refractivity contribution in [2.75, 3.05) is 7.11 Å². The quantitative estimate of drug-likeness (QED) is 0.772. The highest BCUT2D eigenvalue weighted by Gasteiger charge is 2.18. The maximum absolute atomic E-state index is 11.8. The van der Waals surface area contributed by atoms with Crippen LogP contribution in [0.4, 0.5) is 0 Å². The number of ether oxygens (including phenoxy) is 2. The fourth-order valence-electron chi connectivity index (χ4n) is 2.76. The monoisotopic (exact) mass is 320 g/mol. The molecule has 1 aromatic carbocycles. The highest BCUT2D eigenvalue weighted by molar-refractivity contribution is 5.75. The van der Waals surface area contributed by atoms with Crippen LogP contribution in [0, 0.1) is 0 Å². The van der Waals surface area contributed by atoms with E-state index in [4.69, 9.17) is 15.2 Å².